The maximum absolute atomic E-state index is 12.5. The second-order valence-electron chi connectivity index (χ2n) is 5.23. The molecule has 1 atom stereocenters. The Bertz CT molecular complexity index is 749. The fourth-order valence-corrected chi connectivity index (χ4v) is 2.89. The lowest BCUT2D eigenvalue weighted by Crippen LogP contribution is -2.36. The van der Waals surface area contributed by atoms with E-state index in [1.807, 2.05) is 18.2 Å². The fourth-order valence-electron chi connectivity index (χ4n) is 2.89. The molecule has 0 bridgehead atoms. The van der Waals surface area contributed by atoms with Crippen molar-refractivity contribution in [3.8, 4) is 0 Å². The van der Waals surface area contributed by atoms with Crippen LogP contribution in [0.15, 0.2) is 29.1 Å². The monoisotopic (exact) mass is 272 g/mol. The summed E-state index contributed by atoms with van der Waals surface area (Å²) in [5.74, 6) is -1.09. The molecule has 20 heavy (non-hydrogen) atoms. The van der Waals surface area contributed by atoms with Gasteiger partial charge in [0.05, 0.1) is 5.52 Å². The number of hydrogen-bond acceptors (Lipinski definition) is 3. The molecule has 2 aromatic rings. The molecule has 0 amide bonds. The van der Waals surface area contributed by atoms with Crippen molar-refractivity contribution in [2.24, 2.45) is 5.73 Å². The second kappa shape index (κ2) is 4.76. The maximum atomic E-state index is 12.5. The van der Waals surface area contributed by atoms with Gasteiger partial charge < -0.3 is 15.4 Å². The van der Waals surface area contributed by atoms with E-state index in [0.717, 1.165) is 23.7 Å². The van der Waals surface area contributed by atoms with Gasteiger partial charge in [-0.2, -0.15) is 0 Å². The average molecular weight is 272 g/mol. The van der Waals surface area contributed by atoms with Crippen molar-refractivity contribution in [2.45, 2.75) is 31.8 Å². The highest BCUT2D eigenvalue weighted by atomic mass is 16.4. The minimum atomic E-state index is -1.09. The molecular weight excluding hydrogens is 256 g/mol. The van der Waals surface area contributed by atoms with Gasteiger partial charge in [-0.15, -0.1) is 0 Å². The van der Waals surface area contributed by atoms with Crippen LogP contribution < -0.4 is 11.3 Å². The van der Waals surface area contributed by atoms with Gasteiger partial charge in [0.15, 0.2) is 0 Å². The number of aromatic nitrogens is 1. The van der Waals surface area contributed by atoms with Crippen molar-refractivity contribution in [2.75, 3.05) is 0 Å². The summed E-state index contributed by atoms with van der Waals surface area (Å²) in [6, 6.07) is 6.71. The first kappa shape index (κ1) is 12.9. The van der Waals surface area contributed by atoms with Gasteiger partial charge in [0.2, 0.25) is 0 Å². The van der Waals surface area contributed by atoms with E-state index in [-0.39, 0.29) is 12.0 Å². The Morgan fingerprint density at radius 1 is 1.45 bits per heavy atom. The number of carboxylic acid groups (broad SMARTS) is 1. The molecule has 0 spiro atoms. The van der Waals surface area contributed by atoms with Crippen LogP contribution in [-0.2, 0) is 24.2 Å². The zero-order chi connectivity index (χ0) is 14.3. The number of para-hydroxylation sites is 1. The normalized spacial score (nSPS) is 15.2. The maximum Gasteiger partial charge on any atom is 0.320 e. The van der Waals surface area contributed by atoms with E-state index in [1.54, 1.807) is 10.6 Å². The zero-order valence-electron chi connectivity index (χ0n) is 11.0. The third kappa shape index (κ3) is 2.00. The van der Waals surface area contributed by atoms with Gasteiger partial charge in [-0.3, -0.25) is 9.59 Å². The van der Waals surface area contributed by atoms with E-state index in [0.29, 0.717) is 12.1 Å². The molecular formula is C15H16N2O3. The minimum Gasteiger partial charge on any atom is -0.480 e. The van der Waals surface area contributed by atoms with Crippen LogP contribution in [0.1, 0.15) is 17.5 Å². The van der Waals surface area contributed by atoms with E-state index < -0.39 is 12.0 Å². The van der Waals surface area contributed by atoms with E-state index in [2.05, 4.69) is 0 Å². The Morgan fingerprint density at radius 3 is 3.00 bits per heavy atom. The summed E-state index contributed by atoms with van der Waals surface area (Å²) in [6.07, 6.45) is 1.97. The third-order valence-electron chi connectivity index (χ3n) is 3.86. The topological polar surface area (TPSA) is 85.3 Å². The second-order valence-corrected chi connectivity index (χ2v) is 5.23. The largest absolute Gasteiger partial charge is 0.480 e. The first-order valence-electron chi connectivity index (χ1n) is 6.70. The Balaban J connectivity index is 2.19. The lowest BCUT2D eigenvalue weighted by Gasteiger charge is -2.20. The summed E-state index contributed by atoms with van der Waals surface area (Å²) in [5, 5.41) is 9.88. The van der Waals surface area contributed by atoms with Crippen molar-refractivity contribution in [1.29, 1.82) is 0 Å². The van der Waals surface area contributed by atoms with E-state index in [4.69, 9.17) is 10.8 Å². The van der Waals surface area contributed by atoms with E-state index in [1.165, 1.54) is 5.56 Å². The van der Waals surface area contributed by atoms with E-state index in [9.17, 15) is 9.59 Å². The lowest BCUT2D eigenvalue weighted by atomic mass is 9.98. The zero-order valence-corrected chi connectivity index (χ0v) is 11.0. The highest BCUT2D eigenvalue weighted by Gasteiger charge is 2.19. The molecule has 0 unspecified atom stereocenters. The highest BCUT2D eigenvalue weighted by molar-refractivity contribution is 5.83. The van der Waals surface area contributed by atoms with Gasteiger partial charge >= 0.3 is 5.97 Å². The molecule has 3 N–H and O–H groups in total. The molecule has 3 rings (SSSR count). The summed E-state index contributed by atoms with van der Waals surface area (Å²) in [6.45, 7) is 0.683. The molecule has 0 fully saturated rings. The van der Waals surface area contributed by atoms with Gasteiger partial charge in [0.1, 0.15) is 6.04 Å². The van der Waals surface area contributed by atoms with Crippen molar-refractivity contribution in [3.05, 3.63) is 45.7 Å². The van der Waals surface area contributed by atoms with Crippen LogP contribution in [0.3, 0.4) is 0 Å². The number of nitrogens with zero attached hydrogens (tertiary/aromatic N) is 1. The van der Waals surface area contributed by atoms with Crippen LogP contribution in [0.25, 0.3) is 10.9 Å². The van der Waals surface area contributed by atoms with Crippen molar-refractivity contribution in [3.63, 3.8) is 0 Å². The van der Waals surface area contributed by atoms with Crippen molar-refractivity contribution >= 4 is 16.9 Å². The summed E-state index contributed by atoms with van der Waals surface area (Å²) in [7, 11) is 0. The van der Waals surface area contributed by atoms with Crippen LogP contribution in [-0.4, -0.2) is 21.7 Å². The highest BCUT2D eigenvalue weighted by Crippen LogP contribution is 2.24. The summed E-state index contributed by atoms with van der Waals surface area (Å²) in [5.41, 5.74) is 8.08. The first-order chi connectivity index (χ1) is 9.58. The first-order valence-corrected chi connectivity index (χ1v) is 6.70. The molecule has 1 aromatic carbocycles. The Hall–Kier alpha value is -2.14. The smallest absolute Gasteiger partial charge is 0.320 e. The van der Waals surface area contributed by atoms with Crippen LogP contribution in [0.5, 0.6) is 0 Å². The number of carbonyl (C=O) groups is 1. The minimum absolute atomic E-state index is 0.0638. The number of aryl methyl sites for hydroxylation is 2. The number of benzene rings is 1. The number of pyridine rings is 1. The molecule has 5 heteroatoms. The molecule has 5 nitrogen and oxygen atoms in total. The number of hydrogen-bond donors (Lipinski definition) is 2. The molecule has 0 aliphatic carbocycles. The standard InChI is InChI=1S/C15H16N2O3/c16-12(15(19)20)8-11-7-10-4-1-3-9-5-2-6-17(13(9)10)14(11)18/h1,3-4,7,12H,2,5-6,8,16H2,(H,19,20)/t12-/m1/s1. The van der Waals surface area contributed by atoms with Crippen LogP contribution in [0.4, 0.5) is 0 Å². The fraction of sp³-hybridized carbons (Fsp3) is 0.333. The molecule has 0 saturated heterocycles. The van der Waals surface area contributed by atoms with Crippen LogP contribution in [0.2, 0.25) is 0 Å². The SMILES string of the molecule is N[C@H](Cc1cc2cccc3c2n(c1=O)CCC3)C(=O)O. The van der Waals surface area contributed by atoms with Crippen molar-refractivity contribution < 1.29 is 9.90 Å². The van der Waals surface area contributed by atoms with Gasteiger partial charge in [0, 0.05) is 18.5 Å². The molecule has 1 aliphatic rings. The summed E-state index contributed by atoms with van der Waals surface area (Å²) in [4.78, 5) is 23.3. The predicted molar refractivity (Wildman–Crippen MR) is 75.8 cm³/mol. The quantitative estimate of drug-likeness (QED) is 0.869. The van der Waals surface area contributed by atoms with Gasteiger partial charge in [-0.25, -0.2) is 0 Å². The molecule has 0 radical (unpaired) electrons. The van der Waals surface area contributed by atoms with Crippen LogP contribution in [0, 0.1) is 0 Å². The molecule has 104 valence electrons. The lowest BCUT2D eigenvalue weighted by molar-refractivity contribution is -0.138. The summed E-state index contributed by atoms with van der Waals surface area (Å²) >= 11 is 0. The van der Waals surface area contributed by atoms with Gasteiger partial charge in [-0.1, -0.05) is 18.2 Å². The van der Waals surface area contributed by atoms with Crippen molar-refractivity contribution in [1.82, 2.24) is 4.57 Å². The average Bonchev–Trinajstić information content (AvgIpc) is 2.44. The Kier molecular flexibility index (Phi) is 3.06. The summed E-state index contributed by atoms with van der Waals surface area (Å²) < 4.78 is 1.76. The third-order valence-corrected chi connectivity index (χ3v) is 3.86. The predicted octanol–water partition coefficient (Wildman–Crippen LogP) is 0.902. The Morgan fingerprint density at radius 2 is 2.25 bits per heavy atom. The number of nitrogens with two attached hydrogens (primary N) is 1. The van der Waals surface area contributed by atoms with Gasteiger partial charge in [0.25, 0.3) is 5.56 Å². The molecule has 1 aliphatic heterocycles. The Labute approximate surface area is 115 Å². The van der Waals surface area contributed by atoms with E-state index >= 15 is 0 Å². The number of rotatable bonds is 3. The number of carboxylic acids is 1. The molecule has 0 saturated carbocycles. The molecule has 1 aromatic heterocycles. The number of aliphatic carboxylic acids is 1. The van der Waals surface area contributed by atoms with Gasteiger partial charge in [-0.05, 0) is 29.9 Å². The molecule has 2 heterocycles. The van der Waals surface area contributed by atoms with Crippen LogP contribution >= 0.6 is 0 Å².